The van der Waals surface area contributed by atoms with Crippen molar-refractivity contribution in [2.24, 2.45) is 5.92 Å². The van der Waals surface area contributed by atoms with Gasteiger partial charge in [0.05, 0.1) is 13.0 Å². The minimum absolute atomic E-state index is 0.0257. The predicted molar refractivity (Wildman–Crippen MR) is 110 cm³/mol. The van der Waals surface area contributed by atoms with Crippen molar-refractivity contribution in [2.45, 2.75) is 17.7 Å². The van der Waals surface area contributed by atoms with Gasteiger partial charge in [0, 0.05) is 28.8 Å². The van der Waals surface area contributed by atoms with Gasteiger partial charge in [0.1, 0.15) is 16.5 Å². The normalized spacial score (nSPS) is 17.7. The number of rotatable bonds is 5. The number of methoxy groups -OCH3 is 1. The minimum atomic E-state index is -4.03. The smallest absolute Gasteiger partial charge is 0.246 e. The highest BCUT2D eigenvalue weighted by Crippen LogP contribution is 2.31. The number of carbonyl (C=O) groups excluding carboxylic acids is 1. The van der Waals surface area contributed by atoms with E-state index in [-0.39, 0.29) is 29.6 Å². The van der Waals surface area contributed by atoms with Crippen LogP contribution in [0.4, 0.5) is 10.1 Å². The molecule has 156 valence electrons. The molecule has 1 saturated heterocycles. The van der Waals surface area contributed by atoms with E-state index < -0.39 is 21.8 Å². The van der Waals surface area contributed by atoms with Gasteiger partial charge in [-0.15, -0.1) is 0 Å². The average molecular weight is 461 g/mol. The van der Waals surface area contributed by atoms with Gasteiger partial charge in [-0.3, -0.25) is 4.79 Å². The molecule has 0 aromatic heterocycles. The van der Waals surface area contributed by atoms with Gasteiger partial charge in [0.2, 0.25) is 15.9 Å². The molecule has 2 aromatic carbocycles. The Bertz CT molecular complexity index is 1010. The van der Waals surface area contributed by atoms with Crippen LogP contribution >= 0.6 is 23.2 Å². The lowest BCUT2D eigenvalue weighted by Crippen LogP contribution is -2.43. The number of carbonyl (C=O) groups is 1. The standard InChI is InChI=1S/C19H19Cl2FN2O4S/c1-28-17-5-4-15(22)10-18(17)29(26,27)24-6-2-3-12(11-24)19(25)23-16-8-13(20)7-14(21)9-16/h4-5,7-10,12H,2-3,6,11H2,1H3,(H,23,25). The van der Waals surface area contributed by atoms with E-state index in [0.717, 1.165) is 12.1 Å². The van der Waals surface area contributed by atoms with Crippen LogP contribution in [-0.4, -0.2) is 38.8 Å². The van der Waals surface area contributed by atoms with E-state index in [1.54, 1.807) is 18.2 Å². The van der Waals surface area contributed by atoms with Crippen LogP contribution in [0.2, 0.25) is 10.0 Å². The van der Waals surface area contributed by atoms with Crippen molar-refractivity contribution in [1.29, 1.82) is 0 Å². The zero-order valence-electron chi connectivity index (χ0n) is 15.5. The number of benzene rings is 2. The van der Waals surface area contributed by atoms with Crippen molar-refractivity contribution < 1.29 is 22.3 Å². The van der Waals surface area contributed by atoms with Crippen molar-refractivity contribution in [3.05, 3.63) is 52.3 Å². The first-order chi connectivity index (χ1) is 13.7. The van der Waals surface area contributed by atoms with Crippen molar-refractivity contribution >= 4 is 44.8 Å². The number of amides is 1. The van der Waals surface area contributed by atoms with E-state index in [1.807, 2.05) is 0 Å². The van der Waals surface area contributed by atoms with E-state index >= 15 is 0 Å². The topological polar surface area (TPSA) is 75.7 Å². The van der Waals surface area contributed by atoms with E-state index in [9.17, 15) is 17.6 Å². The van der Waals surface area contributed by atoms with Gasteiger partial charge in [0.15, 0.2) is 0 Å². The maximum Gasteiger partial charge on any atom is 0.246 e. The first-order valence-electron chi connectivity index (χ1n) is 8.81. The molecule has 1 fully saturated rings. The summed E-state index contributed by atoms with van der Waals surface area (Å²) in [6.07, 6.45) is 1.01. The fraction of sp³-hybridized carbons (Fsp3) is 0.316. The predicted octanol–water partition coefficient (Wildman–Crippen LogP) is 4.18. The number of halogens is 3. The summed E-state index contributed by atoms with van der Waals surface area (Å²) in [4.78, 5) is 12.4. The molecule has 1 aliphatic heterocycles. The molecule has 0 radical (unpaired) electrons. The minimum Gasteiger partial charge on any atom is -0.495 e. The Morgan fingerprint density at radius 2 is 1.90 bits per heavy atom. The molecule has 0 aliphatic carbocycles. The number of hydrogen-bond donors (Lipinski definition) is 1. The summed E-state index contributed by atoms with van der Waals surface area (Å²) in [5, 5.41) is 3.47. The lowest BCUT2D eigenvalue weighted by atomic mass is 9.99. The highest BCUT2D eigenvalue weighted by Gasteiger charge is 2.35. The molecule has 0 saturated carbocycles. The number of hydrogen-bond acceptors (Lipinski definition) is 4. The molecule has 1 N–H and O–H groups in total. The molecule has 0 bridgehead atoms. The van der Waals surface area contributed by atoms with Gasteiger partial charge in [-0.25, -0.2) is 12.8 Å². The molecule has 1 aliphatic rings. The van der Waals surface area contributed by atoms with E-state index in [0.29, 0.717) is 28.6 Å². The third-order valence-electron chi connectivity index (χ3n) is 4.63. The number of piperidine rings is 1. The summed E-state index contributed by atoms with van der Waals surface area (Å²) >= 11 is 11.9. The average Bonchev–Trinajstić information content (AvgIpc) is 2.67. The van der Waals surface area contributed by atoms with Crippen LogP contribution in [0.3, 0.4) is 0 Å². The zero-order valence-corrected chi connectivity index (χ0v) is 17.8. The van der Waals surface area contributed by atoms with Crippen LogP contribution < -0.4 is 10.1 Å². The Hall–Kier alpha value is -1.87. The highest BCUT2D eigenvalue weighted by atomic mass is 35.5. The largest absolute Gasteiger partial charge is 0.495 e. The molecule has 2 aromatic rings. The van der Waals surface area contributed by atoms with Crippen molar-refractivity contribution in [3.8, 4) is 5.75 Å². The van der Waals surface area contributed by atoms with Gasteiger partial charge >= 0.3 is 0 Å². The molecule has 1 heterocycles. The monoisotopic (exact) mass is 460 g/mol. The summed E-state index contributed by atoms with van der Waals surface area (Å²) in [6.45, 7) is 0.205. The summed E-state index contributed by atoms with van der Waals surface area (Å²) in [5.74, 6) is -1.55. The fourth-order valence-electron chi connectivity index (χ4n) is 3.24. The lowest BCUT2D eigenvalue weighted by Gasteiger charge is -2.31. The SMILES string of the molecule is COc1ccc(F)cc1S(=O)(=O)N1CCCC(C(=O)Nc2cc(Cl)cc(Cl)c2)C1. The molecular formula is C19H19Cl2FN2O4S. The van der Waals surface area contributed by atoms with Crippen LogP contribution in [0.15, 0.2) is 41.3 Å². The first kappa shape index (κ1) is 21.8. The molecule has 10 heteroatoms. The highest BCUT2D eigenvalue weighted by molar-refractivity contribution is 7.89. The summed E-state index contributed by atoms with van der Waals surface area (Å²) in [6, 6.07) is 7.96. The Morgan fingerprint density at radius 1 is 1.21 bits per heavy atom. The van der Waals surface area contributed by atoms with Crippen molar-refractivity contribution in [2.75, 3.05) is 25.5 Å². The second kappa shape index (κ2) is 8.87. The quantitative estimate of drug-likeness (QED) is 0.725. The number of nitrogens with zero attached hydrogens (tertiary/aromatic N) is 1. The molecule has 3 rings (SSSR count). The molecule has 1 amide bonds. The van der Waals surface area contributed by atoms with Gasteiger partial charge in [-0.2, -0.15) is 4.31 Å². The molecular weight excluding hydrogens is 442 g/mol. The van der Waals surface area contributed by atoms with Gasteiger partial charge in [-0.1, -0.05) is 23.2 Å². The van der Waals surface area contributed by atoms with Crippen molar-refractivity contribution in [3.63, 3.8) is 0 Å². The van der Waals surface area contributed by atoms with Crippen LogP contribution in [0.25, 0.3) is 0 Å². The molecule has 1 atom stereocenters. The first-order valence-corrected chi connectivity index (χ1v) is 11.0. The second-order valence-corrected chi connectivity index (χ2v) is 9.42. The second-order valence-electron chi connectivity index (χ2n) is 6.64. The third kappa shape index (κ3) is 5.01. The number of sulfonamides is 1. The Labute approximate surface area is 178 Å². The lowest BCUT2D eigenvalue weighted by molar-refractivity contribution is -0.120. The molecule has 6 nitrogen and oxygen atoms in total. The molecule has 0 spiro atoms. The van der Waals surface area contributed by atoms with Crippen LogP contribution in [-0.2, 0) is 14.8 Å². The molecule has 29 heavy (non-hydrogen) atoms. The van der Waals surface area contributed by atoms with Crippen LogP contribution in [0, 0.1) is 11.7 Å². The van der Waals surface area contributed by atoms with Crippen LogP contribution in [0.1, 0.15) is 12.8 Å². The van der Waals surface area contributed by atoms with Gasteiger partial charge in [-0.05, 0) is 49.2 Å². The Kier molecular flexibility index (Phi) is 6.68. The van der Waals surface area contributed by atoms with Crippen molar-refractivity contribution in [1.82, 2.24) is 4.31 Å². The van der Waals surface area contributed by atoms with Crippen LogP contribution in [0.5, 0.6) is 5.75 Å². The molecule has 1 unspecified atom stereocenters. The number of ether oxygens (including phenoxy) is 1. The maximum atomic E-state index is 13.7. The summed E-state index contributed by atoms with van der Waals surface area (Å²) in [5.41, 5.74) is 0.430. The van der Waals surface area contributed by atoms with Gasteiger partial charge < -0.3 is 10.1 Å². The Morgan fingerprint density at radius 3 is 2.55 bits per heavy atom. The van der Waals surface area contributed by atoms with E-state index in [4.69, 9.17) is 27.9 Å². The zero-order chi connectivity index (χ0) is 21.2. The van der Waals surface area contributed by atoms with E-state index in [1.165, 1.54) is 17.5 Å². The number of anilines is 1. The maximum absolute atomic E-state index is 13.7. The van der Waals surface area contributed by atoms with E-state index in [2.05, 4.69) is 5.32 Å². The van der Waals surface area contributed by atoms with Gasteiger partial charge in [0.25, 0.3) is 0 Å². The summed E-state index contributed by atoms with van der Waals surface area (Å²) in [7, 11) is -2.72. The Balaban J connectivity index is 1.79. The number of nitrogens with one attached hydrogen (secondary N) is 1. The fourth-order valence-corrected chi connectivity index (χ4v) is 5.45. The summed E-state index contributed by atoms with van der Waals surface area (Å²) < 4.78 is 46.0. The third-order valence-corrected chi connectivity index (χ3v) is 6.95.